The van der Waals surface area contributed by atoms with Crippen molar-refractivity contribution in [2.45, 2.75) is 52.5 Å². The van der Waals surface area contributed by atoms with Crippen molar-refractivity contribution in [3.8, 4) is 0 Å². The molecule has 2 aliphatic rings. The summed E-state index contributed by atoms with van der Waals surface area (Å²) in [6.45, 7) is 6.03. The Morgan fingerprint density at radius 3 is 2.68 bits per heavy atom. The zero-order valence-electron chi connectivity index (χ0n) is 19.5. The van der Waals surface area contributed by atoms with E-state index in [1.54, 1.807) is 0 Å². The van der Waals surface area contributed by atoms with Gasteiger partial charge in [0.2, 0.25) is 0 Å². The van der Waals surface area contributed by atoms with Crippen molar-refractivity contribution < 1.29 is 22.4 Å². The Hall–Kier alpha value is -2.65. The fraction of sp³-hybridized carbons (Fsp3) is 0.440. The molecule has 1 fully saturated rings. The number of furan rings is 1. The number of aryl methyl sites for hydroxylation is 2. The number of sulfone groups is 1. The summed E-state index contributed by atoms with van der Waals surface area (Å²) in [4.78, 5) is 27.7. The number of amides is 2. The molecule has 1 aliphatic carbocycles. The molecule has 1 aliphatic heterocycles. The third-order valence-electron chi connectivity index (χ3n) is 6.83. The van der Waals surface area contributed by atoms with Gasteiger partial charge in [-0.3, -0.25) is 9.59 Å². The highest BCUT2D eigenvalue weighted by molar-refractivity contribution is 7.91. The summed E-state index contributed by atoms with van der Waals surface area (Å²) < 4.78 is 29.6. The maximum absolute atomic E-state index is 13.3. The molecule has 2 unspecified atom stereocenters. The van der Waals surface area contributed by atoms with Crippen molar-refractivity contribution in [2.24, 2.45) is 5.92 Å². The van der Waals surface area contributed by atoms with Crippen LogP contribution in [-0.2, 0) is 22.7 Å². The van der Waals surface area contributed by atoms with E-state index in [0.717, 1.165) is 46.2 Å². The predicted molar refractivity (Wildman–Crippen MR) is 134 cm³/mol. The van der Waals surface area contributed by atoms with E-state index in [4.69, 9.17) is 4.42 Å². The van der Waals surface area contributed by atoms with Crippen molar-refractivity contribution in [1.82, 2.24) is 5.32 Å². The van der Waals surface area contributed by atoms with Crippen LogP contribution in [0, 0.1) is 19.8 Å². The van der Waals surface area contributed by atoms with Gasteiger partial charge in [0.05, 0.1) is 17.1 Å². The second-order valence-corrected chi connectivity index (χ2v) is 13.0. The van der Waals surface area contributed by atoms with Crippen LogP contribution in [0.15, 0.2) is 22.6 Å². The predicted octanol–water partition coefficient (Wildman–Crippen LogP) is 4.41. The number of nitrogens with one attached hydrogen (secondary N) is 2. The van der Waals surface area contributed by atoms with E-state index in [1.807, 2.05) is 32.0 Å². The van der Waals surface area contributed by atoms with Gasteiger partial charge in [0.1, 0.15) is 10.6 Å². The number of fused-ring (bicyclic) bond motifs is 2. The molecule has 2 amide bonds. The normalized spacial score (nSPS) is 21.4. The van der Waals surface area contributed by atoms with Crippen molar-refractivity contribution >= 4 is 49.0 Å². The lowest BCUT2D eigenvalue weighted by Crippen LogP contribution is -2.36. The number of thiophene rings is 1. The molecule has 0 saturated carbocycles. The molecule has 0 spiro atoms. The zero-order chi connectivity index (χ0) is 24.2. The third kappa shape index (κ3) is 4.27. The third-order valence-corrected chi connectivity index (χ3v) is 9.77. The topological polar surface area (TPSA) is 105 Å². The molecular formula is C25H28N2O5S2. The smallest absolute Gasteiger partial charge is 0.292 e. The Labute approximate surface area is 202 Å². The minimum absolute atomic E-state index is 0.0403. The minimum atomic E-state index is -3.11. The number of rotatable bonds is 4. The average Bonchev–Trinajstić information content (AvgIpc) is 3.40. The summed E-state index contributed by atoms with van der Waals surface area (Å²) in [5.74, 6) is 0.0735. The first-order valence-corrected chi connectivity index (χ1v) is 14.2. The lowest BCUT2D eigenvalue weighted by atomic mass is 9.88. The van der Waals surface area contributed by atoms with E-state index >= 15 is 0 Å². The lowest BCUT2D eigenvalue weighted by Gasteiger charge is -2.19. The number of carbonyl (C=O) groups excluding carboxylic acids is 2. The van der Waals surface area contributed by atoms with E-state index in [2.05, 4.69) is 17.6 Å². The molecule has 2 aromatic heterocycles. The number of hydrogen-bond donors (Lipinski definition) is 2. The van der Waals surface area contributed by atoms with Crippen molar-refractivity contribution in [2.75, 3.05) is 16.8 Å². The van der Waals surface area contributed by atoms with Crippen LogP contribution in [0.3, 0.4) is 0 Å². The first kappa shape index (κ1) is 23.1. The molecule has 0 bridgehead atoms. The van der Waals surface area contributed by atoms with Crippen LogP contribution in [0.25, 0.3) is 11.0 Å². The lowest BCUT2D eigenvalue weighted by molar-refractivity contribution is 0.0941. The highest BCUT2D eigenvalue weighted by atomic mass is 32.2. The highest BCUT2D eigenvalue weighted by Gasteiger charge is 2.33. The van der Waals surface area contributed by atoms with Gasteiger partial charge >= 0.3 is 0 Å². The standard InChI is InChI=1S/C25H28N2O5S2/c1-13-5-7-19-18(10-13)15(3)22(32-19)24(29)27-25-21(17-6-4-14(2)11-20(17)33-25)23(28)26-16-8-9-34(30,31)12-16/h5,7,10,14,16H,4,6,8-9,11-12H2,1-3H3,(H,26,28)(H,27,29). The van der Waals surface area contributed by atoms with Gasteiger partial charge in [-0.2, -0.15) is 0 Å². The van der Waals surface area contributed by atoms with Crippen molar-refractivity contribution in [3.05, 3.63) is 51.1 Å². The first-order valence-electron chi connectivity index (χ1n) is 11.6. The summed E-state index contributed by atoms with van der Waals surface area (Å²) in [7, 11) is -3.11. The Morgan fingerprint density at radius 2 is 1.94 bits per heavy atom. The van der Waals surface area contributed by atoms with Gasteiger partial charge in [0.25, 0.3) is 11.8 Å². The van der Waals surface area contributed by atoms with Crippen LogP contribution in [0.5, 0.6) is 0 Å². The molecule has 7 nitrogen and oxygen atoms in total. The summed E-state index contributed by atoms with van der Waals surface area (Å²) in [5, 5.41) is 7.24. The minimum Gasteiger partial charge on any atom is -0.451 e. The van der Waals surface area contributed by atoms with Gasteiger partial charge in [0, 0.05) is 21.9 Å². The van der Waals surface area contributed by atoms with Gasteiger partial charge in [0.15, 0.2) is 15.6 Å². The van der Waals surface area contributed by atoms with Crippen LogP contribution in [-0.4, -0.2) is 37.8 Å². The average molecular weight is 501 g/mol. The van der Waals surface area contributed by atoms with Crippen LogP contribution < -0.4 is 10.6 Å². The Balaban J connectivity index is 1.47. The van der Waals surface area contributed by atoms with Crippen molar-refractivity contribution in [1.29, 1.82) is 0 Å². The fourth-order valence-corrected chi connectivity index (χ4v) is 8.03. The first-order chi connectivity index (χ1) is 16.1. The summed E-state index contributed by atoms with van der Waals surface area (Å²) in [5.41, 5.74) is 3.92. The van der Waals surface area contributed by atoms with E-state index in [9.17, 15) is 18.0 Å². The van der Waals surface area contributed by atoms with Gasteiger partial charge < -0.3 is 15.1 Å². The Bertz CT molecular complexity index is 1420. The molecule has 2 atom stereocenters. The van der Waals surface area contributed by atoms with E-state index < -0.39 is 21.8 Å². The Morgan fingerprint density at radius 1 is 1.15 bits per heavy atom. The van der Waals surface area contributed by atoms with Crippen LogP contribution in [0.4, 0.5) is 5.00 Å². The van der Waals surface area contributed by atoms with E-state index in [0.29, 0.717) is 28.5 Å². The largest absolute Gasteiger partial charge is 0.451 e. The molecule has 2 N–H and O–H groups in total. The van der Waals surface area contributed by atoms with Gasteiger partial charge in [-0.1, -0.05) is 18.6 Å². The number of benzene rings is 1. The summed E-state index contributed by atoms with van der Waals surface area (Å²) in [6, 6.07) is 5.38. The van der Waals surface area contributed by atoms with E-state index in [1.165, 1.54) is 11.3 Å². The fourth-order valence-electron chi connectivity index (χ4n) is 4.96. The molecule has 1 aromatic carbocycles. The molecule has 5 rings (SSSR count). The Kier molecular flexibility index (Phi) is 5.80. The molecular weight excluding hydrogens is 472 g/mol. The quantitative estimate of drug-likeness (QED) is 0.552. The molecule has 9 heteroatoms. The molecule has 0 radical (unpaired) electrons. The summed E-state index contributed by atoms with van der Waals surface area (Å²) >= 11 is 1.44. The monoisotopic (exact) mass is 500 g/mol. The molecule has 3 heterocycles. The summed E-state index contributed by atoms with van der Waals surface area (Å²) in [6.07, 6.45) is 3.00. The number of anilines is 1. The number of hydrogen-bond acceptors (Lipinski definition) is 6. The van der Waals surface area contributed by atoms with Crippen molar-refractivity contribution in [3.63, 3.8) is 0 Å². The van der Waals surface area contributed by atoms with Gasteiger partial charge in [-0.05, 0) is 63.1 Å². The van der Waals surface area contributed by atoms with Gasteiger partial charge in [-0.15, -0.1) is 11.3 Å². The molecule has 34 heavy (non-hydrogen) atoms. The van der Waals surface area contributed by atoms with E-state index in [-0.39, 0.29) is 23.2 Å². The molecule has 1 saturated heterocycles. The highest BCUT2D eigenvalue weighted by Crippen LogP contribution is 2.40. The van der Waals surface area contributed by atoms with Gasteiger partial charge in [-0.25, -0.2) is 8.42 Å². The van der Waals surface area contributed by atoms with Crippen LogP contribution in [0.1, 0.15) is 62.2 Å². The maximum atomic E-state index is 13.3. The zero-order valence-corrected chi connectivity index (χ0v) is 21.1. The van der Waals surface area contributed by atoms with Crippen LogP contribution in [0.2, 0.25) is 0 Å². The molecule has 3 aromatic rings. The molecule has 180 valence electrons. The second-order valence-electron chi connectivity index (χ2n) is 9.64. The van der Waals surface area contributed by atoms with Crippen LogP contribution >= 0.6 is 11.3 Å². The maximum Gasteiger partial charge on any atom is 0.292 e. The second kappa shape index (κ2) is 8.53. The number of carbonyl (C=O) groups is 2. The SMILES string of the molecule is Cc1ccc2oc(C(=O)Nc3sc4c(c3C(=O)NC3CCS(=O)(=O)C3)CCC(C)C4)c(C)c2c1.